The summed E-state index contributed by atoms with van der Waals surface area (Å²) in [5.41, 5.74) is 4.89. The molecule has 0 aliphatic carbocycles. The molecule has 90 valence electrons. The lowest BCUT2D eigenvalue weighted by atomic mass is 10.4. The lowest BCUT2D eigenvalue weighted by Gasteiger charge is -2.01. The zero-order chi connectivity index (χ0) is 12.8. The first kappa shape index (κ1) is 12.4. The van der Waals surface area contributed by atoms with Gasteiger partial charge in [-0.15, -0.1) is 0 Å². The Morgan fingerprint density at radius 3 is 2.59 bits per heavy atom. The molecule has 0 saturated heterocycles. The molecule has 0 atom stereocenters. The fourth-order valence-corrected chi connectivity index (χ4v) is 0.905. The number of aliphatic carboxylic acids is 1. The highest BCUT2D eigenvalue weighted by Crippen LogP contribution is 1.96. The van der Waals surface area contributed by atoms with Crippen molar-refractivity contribution in [1.82, 2.24) is 21.0 Å². The van der Waals surface area contributed by atoms with E-state index in [0.717, 1.165) is 6.08 Å². The van der Waals surface area contributed by atoms with E-state index in [0.29, 0.717) is 11.8 Å². The van der Waals surface area contributed by atoms with Crippen LogP contribution < -0.4 is 10.9 Å². The van der Waals surface area contributed by atoms with Crippen molar-refractivity contribution in [3.05, 3.63) is 29.6 Å². The molecule has 0 aromatic carbocycles. The van der Waals surface area contributed by atoms with Crippen molar-refractivity contribution in [2.45, 2.75) is 6.92 Å². The molecular formula is C9H10N4O4. The average molecular weight is 238 g/mol. The van der Waals surface area contributed by atoms with Gasteiger partial charge in [0.25, 0.3) is 11.8 Å². The second-order valence-electron chi connectivity index (χ2n) is 3.05. The van der Waals surface area contributed by atoms with Gasteiger partial charge in [-0.25, -0.2) is 4.79 Å². The van der Waals surface area contributed by atoms with Crippen LogP contribution in [0, 0.1) is 6.92 Å². The molecule has 0 aliphatic heterocycles. The molecule has 1 aromatic heterocycles. The first-order valence-corrected chi connectivity index (χ1v) is 4.52. The Labute approximate surface area is 95.7 Å². The van der Waals surface area contributed by atoms with Crippen LogP contribution in [0.2, 0.25) is 0 Å². The van der Waals surface area contributed by atoms with Gasteiger partial charge in [-0.05, 0) is 13.0 Å². The van der Waals surface area contributed by atoms with Gasteiger partial charge >= 0.3 is 5.97 Å². The van der Waals surface area contributed by atoms with Gasteiger partial charge in [0.2, 0.25) is 0 Å². The normalized spacial score (nSPS) is 10.2. The number of carbonyl (C=O) groups is 3. The molecule has 0 saturated carbocycles. The molecule has 0 radical (unpaired) electrons. The van der Waals surface area contributed by atoms with Crippen LogP contribution in [0.15, 0.2) is 18.2 Å². The molecule has 17 heavy (non-hydrogen) atoms. The smallest absolute Gasteiger partial charge is 0.328 e. The molecule has 0 aliphatic rings. The molecule has 4 N–H and O–H groups in total. The fourth-order valence-electron chi connectivity index (χ4n) is 0.905. The third-order valence-corrected chi connectivity index (χ3v) is 1.62. The van der Waals surface area contributed by atoms with E-state index in [1.165, 1.54) is 6.07 Å². The fraction of sp³-hybridized carbons (Fsp3) is 0.111. The first-order valence-electron chi connectivity index (χ1n) is 4.52. The first-order chi connectivity index (χ1) is 7.99. The van der Waals surface area contributed by atoms with Crippen LogP contribution in [0.5, 0.6) is 0 Å². The second-order valence-corrected chi connectivity index (χ2v) is 3.05. The standard InChI is InChI=1S/C9H10N4O4/c1-5-4-6(11-10-5)9(17)13-12-7(14)2-3-8(15)16/h2-4H,1H3,(H,10,11)(H,12,14)(H,13,17)(H,15,16)/b3-2+. The highest BCUT2D eigenvalue weighted by Gasteiger charge is 2.09. The van der Waals surface area contributed by atoms with E-state index in [1.54, 1.807) is 6.92 Å². The van der Waals surface area contributed by atoms with E-state index in [2.05, 4.69) is 15.6 Å². The summed E-state index contributed by atoms with van der Waals surface area (Å²) in [6.07, 6.45) is 1.43. The zero-order valence-corrected chi connectivity index (χ0v) is 8.85. The maximum atomic E-state index is 11.4. The third kappa shape index (κ3) is 4.16. The monoisotopic (exact) mass is 238 g/mol. The van der Waals surface area contributed by atoms with E-state index < -0.39 is 17.8 Å². The predicted octanol–water partition coefficient (Wildman–Crippen LogP) is -0.880. The molecule has 8 heteroatoms. The quantitative estimate of drug-likeness (QED) is 0.402. The zero-order valence-electron chi connectivity index (χ0n) is 8.85. The summed E-state index contributed by atoms with van der Waals surface area (Å²) in [6.45, 7) is 1.72. The van der Waals surface area contributed by atoms with Crippen molar-refractivity contribution in [3.8, 4) is 0 Å². The number of carboxylic acid groups (broad SMARTS) is 1. The number of aromatic nitrogens is 2. The molecule has 1 rings (SSSR count). The third-order valence-electron chi connectivity index (χ3n) is 1.62. The number of hydrazine groups is 1. The largest absolute Gasteiger partial charge is 0.478 e. The van der Waals surface area contributed by atoms with E-state index >= 15 is 0 Å². The van der Waals surface area contributed by atoms with E-state index in [1.807, 2.05) is 5.43 Å². The van der Waals surface area contributed by atoms with Gasteiger partial charge in [0, 0.05) is 17.8 Å². The summed E-state index contributed by atoms with van der Waals surface area (Å²) < 4.78 is 0. The molecule has 2 amide bonds. The molecular weight excluding hydrogens is 228 g/mol. The maximum absolute atomic E-state index is 11.4. The molecule has 1 heterocycles. The predicted molar refractivity (Wildman–Crippen MR) is 55.7 cm³/mol. The number of nitrogens with zero attached hydrogens (tertiary/aromatic N) is 1. The Hall–Kier alpha value is -2.64. The highest BCUT2D eigenvalue weighted by atomic mass is 16.4. The van der Waals surface area contributed by atoms with Crippen LogP contribution in [0.3, 0.4) is 0 Å². The van der Waals surface area contributed by atoms with Crippen molar-refractivity contribution in [2.75, 3.05) is 0 Å². The molecule has 0 spiro atoms. The van der Waals surface area contributed by atoms with Crippen LogP contribution in [0.1, 0.15) is 16.2 Å². The number of hydrogen-bond acceptors (Lipinski definition) is 4. The Morgan fingerprint density at radius 2 is 2.06 bits per heavy atom. The SMILES string of the molecule is Cc1cc(C(=O)NNC(=O)/C=C/C(=O)O)n[nH]1. The van der Waals surface area contributed by atoms with Crippen molar-refractivity contribution in [3.63, 3.8) is 0 Å². The van der Waals surface area contributed by atoms with Gasteiger partial charge in [0.1, 0.15) is 0 Å². The number of carboxylic acids is 1. The number of carbonyl (C=O) groups excluding carboxylic acids is 2. The van der Waals surface area contributed by atoms with Crippen LogP contribution in [0.25, 0.3) is 0 Å². The van der Waals surface area contributed by atoms with Gasteiger partial charge in [0.15, 0.2) is 5.69 Å². The summed E-state index contributed by atoms with van der Waals surface area (Å²) in [5, 5.41) is 14.5. The van der Waals surface area contributed by atoms with Crippen molar-refractivity contribution in [1.29, 1.82) is 0 Å². The highest BCUT2D eigenvalue weighted by molar-refractivity contribution is 5.97. The maximum Gasteiger partial charge on any atom is 0.328 e. The Bertz CT molecular complexity index is 477. The van der Waals surface area contributed by atoms with E-state index in [9.17, 15) is 14.4 Å². The Balaban J connectivity index is 2.43. The number of aromatic amines is 1. The summed E-state index contributed by atoms with van der Waals surface area (Å²) >= 11 is 0. The Morgan fingerprint density at radius 1 is 1.35 bits per heavy atom. The number of nitrogens with one attached hydrogen (secondary N) is 3. The number of amides is 2. The summed E-state index contributed by atoms with van der Waals surface area (Å²) in [4.78, 5) is 32.4. The lowest BCUT2D eigenvalue weighted by Crippen LogP contribution is -2.41. The van der Waals surface area contributed by atoms with Crippen LogP contribution in [-0.4, -0.2) is 33.1 Å². The summed E-state index contributed by atoms with van der Waals surface area (Å²) in [7, 11) is 0. The van der Waals surface area contributed by atoms with Gasteiger partial charge in [-0.1, -0.05) is 0 Å². The van der Waals surface area contributed by atoms with Crippen molar-refractivity contribution < 1.29 is 19.5 Å². The van der Waals surface area contributed by atoms with Gasteiger partial charge < -0.3 is 5.11 Å². The van der Waals surface area contributed by atoms with E-state index in [4.69, 9.17) is 5.11 Å². The summed E-state index contributed by atoms with van der Waals surface area (Å²) in [5.74, 6) is -2.62. The van der Waals surface area contributed by atoms with E-state index in [-0.39, 0.29) is 5.69 Å². The molecule has 0 fully saturated rings. The minimum absolute atomic E-state index is 0.116. The Kier molecular flexibility index (Phi) is 3.98. The molecule has 0 unspecified atom stereocenters. The van der Waals surface area contributed by atoms with Crippen LogP contribution >= 0.6 is 0 Å². The second kappa shape index (κ2) is 5.45. The van der Waals surface area contributed by atoms with Crippen LogP contribution in [0.4, 0.5) is 0 Å². The number of rotatable bonds is 3. The molecule has 1 aromatic rings. The van der Waals surface area contributed by atoms with Crippen molar-refractivity contribution in [2.24, 2.45) is 0 Å². The van der Waals surface area contributed by atoms with Gasteiger partial charge in [-0.3, -0.25) is 25.5 Å². The number of H-pyrrole nitrogens is 1. The van der Waals surface area contributed by atoms with Gasteiger partial charge in [0.05, 0.1) is 0 Å². The molecule has 8 nitrogen and oxygen atoms in total. The summed E-state index contributed by atoms with van der Waals surface area (Å²) in [6, 6.07) is 1.49. The minimum atomic E-state index is -1.26. The van der Waals surface area contributed by atoms with Gasteiger partial charge in [-0.2, -0.15) is 5.10 Å². The minimum Gasteiger partial charge on any atom is -0.478 e. The molecule has 0 bridgehead atoms. The van der Waals surface area contributed by atoms with Crippen LogP contribution in [-0.2, 0) is 9.59 Å². The average Bonchev–Trinajstić information content (AvgIpc) is 2.70. The van der Waals surface area contributed by atoms with Crippen molar-refractivity contribution >= 4 is 17.8 Å². The number of hydrogen-bond donors (Lipinski definition) is 4. The topological polar surface area (TPSA) is 124 Å². The lowest BCUT2D eigenvalue weighted by molar-refractivity contribution is -0.131. The number of aryl methyl sites for hydroxylation is 1.